The Hall–Kier alpha value is -3.03. The van der Waals surface area contributed by atoms with Gasteiger partial charge in [-0.05, 0) is 18.2 Å². The molecule has 0 saturated carbocycles. The smallest absolute Gasteiger partial charge is 0.326 e. The number of nitrogens with one attached hydrogen (secondary N) is 2. The zero-order chi connectivity index (χ0) is 15.5. The average Bonchev–Trinajstić information content (AvgIpc) is 3.16. The molecular formula is C14H13N3O5. The number of carbonyl (C=O) groups is 2. The number of imidazole rings is 1. The van der Waals surface area contributed by atoms with Crippen LogP contribution in [0, 0.1) is 0 Å². The Kier molecular flexibility index (Phi) is 3.65. The van der Waals surface area contributed by atoms with Crippen LogP contribution in [-0.4, -0.2) is 39.8 Å². The third-order valence-electron chi connectivity index (χ3n) is 3.22. The second kappa shape index (κ2) is 5.76. The highest BCUT2D eigenvalue weighted by Gasteiger charge is 2.23. The molecule has 1 aliphatic heterocycles. The van der Waals surface area contributed by atoms with E-state index >= 15 is 0 Å². The van der Waals surface area contributed by atoms with Crippen molar-refractivity contribution in [3.63, 3.8) is 0 Å². The molecule has 8 nitrogen and oxygen atoms in total. The number of carboxylic acids is 1. The van der Waals surface area contributed by atoms with Gasteiger partial charge < -0.3 is 24.9 Å². The highest BCUT2D eigenvalue weighted by Crippen LogP contribution is 2.32. The Morgan fingerprint density at radius 3 is 2.91 bits per heavy atom. The largest absolute Gasteiger partial charge is 0.480 e. The molecule has 1 aliphatic rings. The number of H-pyrrole nitrogens is 1. The number of carboxylic acid groups (broad SMARTS) is 1. The van der Waals surface area contributed by atoms with Crippen LogP contribution in [0.25, 0.3) is 0 Å². The summed E-state index contributed by atoms with van der Waals surface area (Å²) < 4.78 is 10.4. The number of benzene rings is 1. The van der Waals surface area contributed by atoms with Crippen LogP contribution in [0.1, 0.15) is 16.1 Å². The van der Waals surface area contributed by atoms with E-state index in [1.807, 2.05) is 0 Å². The van der Waals surface area contributed by atoms with Crippen molar-refractivity contribution in [3.05, 3.63) is 42.0 Å². The third-order valence-corrected chi connectivity index (χ3v) is 3.22. The van der Waals surface area contributed by atoms with Crippen molar-refractivity contribution in [1.29, 1.82) is 0 Å². The van der Waals surface area contributed by atoms with Gasteiger partial charge in [-0.1, -0.05) is 0 Å². The summed E-state index contributed by atoms with van der Waals surface area (Å²) in [4.78, 5) is 30.1. The maximum absolute atomic E-state index is 12.2. The summed E-state index contributed by atoms with van der Waals surface area (Å²) in [6.07, 6.45) is 3.09. The second-order valence-electron chi connectivity index (χ2n) is 4.71. The van der Waals surface area contributed by atoms with Crippen molar-refractivity contribution in [1.82, 2.24) is 15.3 Å². The normalized spacial score (nSPS) is 13.6. The number of ether oxygens (including phenoxy) is 2. The van der Waals surface area contributed by atoms with Crippen molar-refractivity contribution >= 4 is 11.9 Å². The topological polar surface area (TPSA) is 114 Å². The fourth-order valence-electron chi connectivity index (χ4n) is 2.10. The van der Waals surface area contributed by atoms with E-state index in [9.17, 15) is 14.7 Å². The SMILES string of the molecule is O=C(NC(Cc1cnc[nH]1)C(=O)O)c1ccc2c(c1)OCO2. The Labute approximate surface area is 125 Å². The van der Waals surface area contributed by atoms with E-state index in [1.165, 1.54) is 18.6 Å². The maximum atomic E-state index is 12.2. The highest BCUT2D eigenvalue weighted by atomic mass is 16.7. The fraction of sp³-hybridized carbons (Fsp3) is 0.214. The van der Waals surface area contributed by atoms with Crippen LogP contribution in [0.4, 0.5) is 0 Å². The van der Waals surface area contributed by atoms with E-state index in [4.69, 9.17) is 9.47 Å². The van der Waals surface area contributed by atoms with Crippen LogP contribution >= 0.6 is 0 Å². The Balaban J connectivity index is 1.72. The minimum absolute atomic E-state index is 0.109. The maximum Gasteiger partial charge on any atom is 0.326 e. The number of rotatable bonds is 5. The van der Waals surface area contributed by atoms with E-state index in [1.54, 1.807) is 12.1 Å². The number of carbonyl (C=O) groups excluding carboxylic acids is 1. The predicted molar refractivity (Wildman–Crippen MR) is 73.7 cm³/mol. The Morgan fingerprint density at radius 2 is 2.18 bits per heavy atom. The van der Waals surface area contributed by atoms with Crippen LogP contribution in [0.2, 0.25) is 0 Å². The summed E-state index contributed by atoms with van der Waals surface area (Å²) in [7, 11) is 0. The molecule has 3 N–H and O–H groups in total. The molecule has 1 aromatic carbocycles. The van der Waals surface area contributed by atoms with E-state index in [0.29, 0.717) is 22.8 Å². The van der Waals surface area contributed by atoms with Gasteiger partial charge in [-0.15, -0.1) is 0 Å². The van der Waals surface area contributed by atoms with Crippen molar-refractivity contribution < 1.29 is 24.2 Å². The Bertz CT molecular complexity index is 699. The lowest BCUT2D eigenvalue weighted by Crippen LogP contribution is -2.42. The number of hydrogen-bond donors (Lipinski definition) is 3. The predicted octanol–water partition coefficient (Wildman–Crippen LogP) is 0.564. The molecule has 0 saturated heterocycles. The van der Waals surface area contributed by atoms with Gasteiger partial charge in [-0.2, -0.15) is 0 Å². The molecule has 1 amide bonds. The third kappa shape index (κ3) is 2.85. The standard InChI is InChI=1S/C14H13N3O5/c18-13(8-1-2-11-12(3-8)22-7-21-11)17-10(14(19)20)4-9-5-15-6-16-9/h1-3,5-6,10H,4,7H2,(H,15,16)(H,17,18)(H,19,20). The van der Waals surface area contributed by atoms with E-state index in [0.717, 1.165) is 0 Å². The van der Waals surface area contributed by atoms with E-state index in [-0.39, 0.29) is 13.2 Å². The van der Waals surface area contributed by atoms with Gasteiger partial charge in [0.15, 0.2) is 11.5 Å². The van der Waals surface area contributed by atoms with Gasteiger partial charge in [-0.3, -0.25) is 4.79 Å². The first-order chi connectivity index (χ1) is 10.6. The zero-order valence-corrected chi connectivity index (χ0v) is 11.4. The van der Waals surface area contributed by atoms with Crippen LogP contribution in [0.3, 0.4) is 0 Å². The number of aliphatic carboxylic acids is 1. The molecule has 3 rings (SSSR count). The lowest BCUT2D eigenvalue weighted by atomic mass is 10.1. The van der Waals surface area contributed by atoms with Gasteiger partial charge in [0, 0.05) is 23.9 Å². The van der Waals surface area contributed by atoms with Crippen molar-refractivity contribution in [2.75, 3.05) is 6.79 Å². The van der Waals surface area contributed by atoms with Gasteiger partial charge in [0.05, 0.1) is 6.33 Å². The quantitative estimate of drug-likeness (QED) is 0.744. The minimum atomic E-state index is -1.12. The van der Waals surface area contributed by atoms with Gasteiger partial charge in [0.1, 0.15) is 6.04 Å². The molecule has 0 radical (unpaired) electrons. The first-order valence-corrected chi connectivity index (χ1v) is 6.54. The summed E-state index contributed by atoms with van der Waals surface area (Å²) in [5.74, 6) is -0.592. The van der Waals surface area contributed by atoms with Gasteiger partial charge in [0.2, 0.25) is 6.79 Å². The molecule has 2 heterocycles. The first-order valence-electron chi connectivity index (χ1n) is 6.54. The summed E-state index contributed by atoms with van der Waals surface area (Å²) in [6, 6.07) is 3.63. The van der Waals surface area contributed by atoms with Crippen molar-refractivity contribution in [2.45, 2.75) is 12.5 Å². The van der Waals surface area contributed by atoms with Gasteiger partial charge >= 0.3 is 5.97 Å². The monoisotopic (exact) mass is 303 g/mol. The van der Waals surface area contributed by atoms with E-state index in [2.05, 4.69) is 15.3 Å². The second-order valence-corrected chi connectivity index (χ2v) is 4.71. The number of aromatic nitrogens is 2. The zero-order valence-electron chi connectivity index (χ0n) is 11.4. The van der Waals surface area contributed by atoms with Crippen molar-refractivity contribution in [2.24, 2.45) is 0 Å². The van der Waals surface area contributed by atoms with Gasteiger partial charge in [-0.25, -0.2) is 9.78 Å². The van der Waals surface area contributed by atoms with Crippen LogP contribution in [0.15, 0.2) is 30.7 Å². The molecule has 0 aliphatic carbocycles. The first kappa shape index (κ1) is 13.9. The molecule has 0 spiro atoms. The molecular weight excluding hydrogens is 290 g/mol. The lowest BCUT2D eigenvalue weighted by Gasteiger charge is -2.13. The highest BCUT2D eigenvalue weighted by molar-refractivity contribution is 5.97. The van der Waals surface area contributed by atoms with Crippen molar-refractivity contribution in [3.8, 4) is 11.5 Å². The molecule has 0 fully saturated rings. The summed E-state index contributed by atoms with van der Waals surface area (Å²) in [5.41, 5.74) is 0.929. The number of aromatic amines is 1. The van der Waals surface area contributed by atoms with Crippen LogP contribution < -0.4 is 14.8 Å². The molecule has 1 unspecified atom stereocenters. The number of hydrogen-bond acceptors (Lipinski definition) is 5. The molecule has 8 heteroatoms. The molecule has 22 heavy (non-hydrogen) atoms. The summed E-state index contributed by atoms with van der Waals surface area (Å²) in [6.45, 7) is 0.109. The molecule has 1 atom stereocenters. The number of amides is 1. The number of nitrogens with zero attached hydrogens (tertiary/aromatic N) is 1. The fourth-order valence-corrected chi connectivity index (χ4v) is 2.10. The number of fused-ring (bicyclic) bond motifs is 1. The van der Waals surface area contributed by atoms with Crippen LogP contribution in [0.5, 0.6) is 11.5 Å². The minimum Gasteiger partial charge on any atom is -0.480 e. The molecule has 0 bridgehead atoms. The lowest BCUT2D eigenvalue weighted by molar-refractivity contribution is -0.139. The van der Waals surface area contributed by atoms with E-state index < -0.39 is 17.9 Å². The summed E-state index contributed by atoms with van der Waals surface area (Å²) >= 11 is 0. The van der Waals surface area contributed by atoms with Gasteiger partial charge in [0.25, 0.3) is 5.91 Å². The molecule has 2 aromatic rings. The average molecular weight is 303 g/mol. The Morgan fingerprint density at radius 1 is 1.36 bits per heavy atom. The summed E-state index contributed by atoms with van der Waals surface area (Å²) in [5, 5.41) is 11.7. The molecule has 1 aromatic heterocycles. The van der Waals surface area contributed by atoms with Crippen LogP contribution in [-0.2, 0) is 11.2 Å². The molecule has 114 valence electrons.